The van der Waals surface area contributed by atoms with Crippen molar-refractivity contribution in [3.8, 4) is 0 Å². The van der Waals surface area contributed by atoms with Crippen LogP contribution in [-0.2, 0) is 0 Å². The van der Waals surface area contributed by atoms with E-state index in [9.17, 15) is 0 Å². The molecule has 0 radical (unpaired) electrons. The predicted molar refractivity (Wildman–Crippen MR) is 87.3 cm³/mol. The van der Waals surface area contributed by atoms with Crippen molar-refractivity contribution in [2.45, 2.75) is 25.7 Å². The lowest BCUT2D eigenvalue weighted by Gasteiger charge is -2.32. The largest absolute Gasteiger partial charge is 0.363 e. The van der Waals surface area contributed by atoms with Gasteiger partial charge in [0, 0.05) is 57.3 Å². The zero-order valence-electron chi connectivity index (χ0n) is 13.4. The molecule has 2 aromatic heterocycles. The van der Waals surface area contributed by atoms with Crippen LogP contribution in [0.5, 0.6) is 0 Å². The number of rotatable bonds is 3. The van der Waals surface area contributed by atoms with Crippen LogP contribution in [0.15, 0.2) is 24.7 Å². The minimum atomic E-state index is 0.423. The number of aromatic nitrogens is 4. The van der Waals surface area contributed by atoms with Gasteiger partial charge in [-0.3, -0.25) is 4.98 Å². The number of piperidine rings is 1. The first-order valence-electron chi connectivity index (χ1n) is 7.67. The molecule has 1 aliphatic rings. The lowest BCUT2D eigenvalue weighted by atomic mass is 9.96. The Morgan fingerprint density at radius 3 is 2.55 bits per heavy atom. The summed E-state index contributed by atoms with van der Waals surface area (Å²) in [6.45, 7) is 3.97. The van der Waals surface area contributed by atoms with E-state index in [1.54, 1.807) is 12.4 Å². The second-order valence-corrected chi connectivity index (χ2v) is 5.95. The molecule has 6 heteroatoms. The Hall–Kier alpha value is -2.24. The second-order valence-electron chi connectivity index (χ2n) is 5.95. The van der Waals surface area contributed by atoms with Crippen LogP contribution in [0.4, 0.5) is 11.6 Å². The van der Waals surface area contributed by atoms with Gasteiger partial charge in [-0.05, 0) is 19.8 Å². The molecule has 0 amide bonds. The molecule has 0 aromatic carbocycles. The molecule has 0 saturated carbocycles. The SMILES string of the molecule is Cc1cc(N(C)C)nc(C2CCN(c3cnccn3)CC2)n1. The van der Waals surface area contributed by atoms with Gasteiger partial charge >= 0.3 is 0 Å². The Morgan fingerprint density at radius 2 is 1.91 bits per heavy atom. The van der Waals surface area contributed by atoms with Gasteiger partial charge in [0.25, 0.3) is 0 Å². The Labute approximate surface area is 131 Å². The maximum atomic E-state index is 4.72. The summed E-state index contributed by atoms with van der Waals surface area (Å²) < 4.78 is 0. The van der Waals surface area contributed by atoms with Crippen molar-refractivity contribution in [2.24, 2.45) is 0 Å². The Kier molecular flexibility index (Phi) is 4.18. The number of hydrogen-bond donors (Lipinski definition) is 0. The van der Waals surface area contributed by atoms with Crippen LogP contribution >= 0.6 is 0 Å². The predicted octanol–water partition coefficient (Wildman–Crippen LogP) is 2.03. The molecule has 0 unspecified atom stereocenters. The molecule has 0 spiro atoms. The Balaban J connectivity index is 1.71. The number of hydrogen-bond acceptors (Lipinski definition) is 6. The quantitative estimate of drug-likeness (QED) is 0.864. The van der Waals surface area contributed by atoms with Crippen molar-refractivity contribution in [3.05, 3.63) is 36.2 Å². The molecule has 3 heterocycles. The topological polar surface area (TPSA) is 58.0 Å². The highest BCUT2D eigenvalue weighted by Crippen LogP contribution is 2.28. The van der Waals surface area contributed by atoms with Crippen molar-refractivity contribution in [3.63, 3.8) is 0 Å². The maximum absolute atomic E-state index is 4.72. The smallest absolute Gasteiger partial charge is 0.147 e. The second kappa shape index (κ2) is 6.25. The van der Waals surface area contributed by atoms with Gasteiger partial charge in [-0.2, -0.15) is 0 Å². The number of anilines is 2. The minimum absolute atomic E-state index is 0.423. The minimum Gasteiger partial charge on any atom is -0.363 e. The van der Waals surface area contributed by atoms with E-state index < -0.39 is 0 Å². The van der Waals surface area contributed by atoms with Gasteiger partial charge in [0.05, 0.1) is 6.20 Å². The summed E-state index contributed by atoms with van der Waals surface area (Å²) in [4.78, 5) is 22.2. The highest BCUT2D eigenvalue weighted by molar-refractivity contribution is 5.39. The fourth-order valence-electron chi connectivity index (χ4n) is 2.81. The molecule has 0 atom stereocenters. The average Bonchev–Trinajstić information content (AvgIpc) is 2.55. The summed E-state index contributed by atoms with van der Waals surface area (Å²) >= 11 is 0. The maximum Gasteiger partial charge on any atom is 0.147 e. The molecule has 116 valence electrons. The zero-order valence-corrected chi connectivity index (χ0v) is 13.4. The first-order chi connectivity index (χ1) is 10.6. The monoisotopic (exact) mass is 298 g/mol. The number of aryl methyl sites for hydroxylation is 1. The van der Waals surface area contributed by atoms with Crippen molar-refractivity contribution >= 4 is 11.6 Å². The molecule has 1 saturated heterocycles. The molecule has 2 aromatic rings. The zero-order chi connectivity index (χ0) is 15.5. The van der Waals surface area contributed by atoms with Crippen LogP contribution in [0.1, 0.15) is 30.3 Å². The fourth-order valence-corrected chi connectivity index (χ4v) is 2.81. The van der Waals surface area contributed by atoms with E-state index in [1.165, 1.54) is 0 Å². The normalized spacial score (nSPS) is 15.9. The van der Waals surface area contributed by atoms with E-state index in [2.05, 4.69) is 19.9 Å². The molecule has 0 bridgehead atoms. The lowest BCUT2D eigenvalue weighted by molar-refractivity contribution is 0.482. The van der Waals surface area contributed by atoms with Crippen molar-refractivity contribution in [1.82, 2.24) is 19.9 Å². The fraction of sp³-hybridized carbons (Fsp3) is 0.500. The highest BCUT2D eigenvalue weighted by atomic mass is 15.2. The number of nitrogens with zero attached hydrogens (tertiary/aromatic N) is 6. The molecular weight excluding hydrogens is 276 g/mol. The standard InChI is InChI=1S/C16H22N6/c1-12-10-14(21(2)3)20-16(19-12)13-4-8-22(9-5-13)15-11-17-6-7-18-15/h6-7,10-11,13H,4-5,8-9H2,1-3H3. The van der Waals surface area contributed by atoms with E-state index in [0.29, 0.717) is 5.92 Å². The van der Waals surface area contributed by atoms with Crippen LogP contribution in [0, 0.1) is 6.92 Å². The molecule has 22 heavy (non-hydrogen) atoms. The third kappa shape index (κ3) is 3.16. The summed E-state index contributed by atoms with van der Waals surface area (Å²) in [7, 11) is 4.03. The third-order valence-corrected chi connectivity index (χ3v) is 4.05. The van der Waals surface area contributed by atoms with Gasteiger partial charge < -0.3 is 9.80 Å². The van der Waals surface area contributed by atoms with E-state index in [0.717, 1.165) is 49.1 Å². The summed E-state index contributed by atoms with van der Waals surface area (Å²) in [5.74, 6) is 3.34. The van der Waals surface area contributed by atoms with E-state index >= 15 is 0 Å². The highest BCUT2D eigenvalue weighted by Gasteiger charge is 2.24. The molecule has 0 N–H and O–H groups in total. The van der Waals surface area contributed by atoms with Gasteiger partial charge in [0.15, 0.2) is 0 Å². The van der Waals surface area contributed by atoms with Gasteiger partial charge in [-0.15, -0.1) is 0 Å². The molecule has 6 nitrogen and oxygen atoms in total. The Morgan fingerprint density at radius 1 is 1.14 bits per heavy atom. The van der Waals surface area contributed by atoms with E-state index in [4.69, 9.17) is 4.98 Å². The summed E-state index contributed by atoms with van der Waals surface area (Å²) in [6, 6.07) is 2.03. The van der Waals surface area contributed by atoms with Crippen molar-refractivity contribution in [1.29, 1.82) is 0 Å². The molecule has 0 aliphatic carbocycles. The first kappa shape index (κ1) is 14.7. The van der Waals surface area contributed by atoms with E-state index in [-0.39, 0.29) is 0 Å². The third-order valence-electron chi connectivity index (χ3n) is 4.05. The summed E-state index contributed by atoms with van der Waals surface area (Å²) in [5.41, 5.74) is 1.03. The van der Waals surface area contributed by atoms with Gasteiger partial charge in [-0.1, -0.05) is 0 Å². The molecule has 1 aliphatic heterocycles. The molecule has 3 rings (SSSR count). The summed E-state index contributed by atoms with van der Waals surface area (Å²) in [5, 5.41) is 0. The van der Waals surface area contributed by atoms with Gasteiger partial charge in [0.1, 0.15) is 17.5 Å². The molecule has 1 fully saturated rings. The van der Waals surface area contributed by atoms with Crippen LogP contribution in [-0.4, -0.2) is 47.1 Å². The van der Waals surface area contributed by atoms with Crippen molar-refractivity contribution in [2.75, 3.05) is 37.0 Å². The van der Waals surface area contributed by atoms with Crippen LogP contribution in [0.2, 0.25) is 0 Å². The average molecular weight is 298 g/mol. The van der Waals surface area contributed by atoms with Gasteiger partial charge in [0.2, 0.25) is 0 Å². The summed E-state index contributed by atoms with van der Waals surface area (Å²) in [6.07, 6.45) is 7.38. The molecular formula is C16H22N6. The van der Waals surface area contributed by atoms with Crippen LogP contribution in [0.3, 0.4) is 0 Å². The van der Waals surface area contributed by atoms with Gasteiger partial charge in [-0.25, -0.2) is 15.0 Å². The lowest BCUT2D eigenvalue weighted by Crippen LogP contribution is -2.34. The van der Waals surface area contributed by atoms with Crippen LogP contribution < -0.4 is 9.80 Å². The van der Waals surface area contributed by atoms with Crippen LogP contribution in [0.25, 0.3) is 0 Å². The first-order valence-corrected chi connectivity index (χ1v) is 7.67. The van der Waals surface area contributed by atoms with Crippen molar-refractivity contribution < 1.29 is 0 Å². The Bertz CT molecular complexity index is 620. The van der Waals surface area contributed by atoms with E-state index in [1.807, 2.05) is 38.2 Å².